The van der Waals surface area contributed by atoms with Crippen molar-refractivity contribution >= 4 is 0 Å². The van der Waals surface area contributed by atoms with Gasteiger partial charge in [0, 0.05) is 13.7 Å². The zero-order valence-electron chi connectivity index (χ0n) is 8.66. The quantitative estimate of drug-likeness (QED) is 0.577. The number of methoxy groups -OCH3 is 1. The van der Waals surface area contributed by atoms with Crippen LogP contribution in [0.3, 0.4) is 0 Å². The van der Waals surface area contributed by atoms with Crippen LogP contribution >= 0.6 is 0 Å². The van der Waals surface area contributed by atoms with E-state index in [1.165, 1.54) is 0 Å². The minimum Gasteiger partial charge on any atom is -0.394 e. The van der Waals surface area contributed by atoms with E-state index in [-0.39, 0.29) is 13.2 Å². The predicted octanol–water partition coefficient (Wildman–Crippen LogP) is 0.421. The molecule has 0 aromatic rings. The van der Waals surface area contributed by atoms with Gasteiger partial charge in [0.15, 0.2) is 0 Å². The molecule has 13 heavy (non-hydrogen) atoms. The molecule has 0 aromatic heterocycles. The molecule has 0 atom stereocenters. The van der Waals surface area contributed by atoms with Gasteiger partial charge in [-0.1, -0.05) is 13.3 Å². The molecule has 0 unspecified atom stereocenters. The van der Waals surface area contributed by atoms with E-state index in [1.54, 1.807) is 7.11 Å². The standard InChI is InChI=1S/C6H14O2.C3H8O2/c1-2-3-5-8-6-4-7;1-5-3-2-4/h7H,2-6H2,1H3;4H,2-3H2,1H3. The summed E-state index contributed by atoms with van der Waals surface area (Å²) in [6.45, 7) is 4.10. The van der Waals surface area contributed by atoms with Gasteiger partial charge in [-0.3, -0.25) is 0 Å². The van der Waals surface area contributed by atoms with Gasteiger partial charge >= 0.3 is 0 Å². The highest BCUT2D eigenvalue weighted by Gasteiger charge is 1.82. The largest absolute Gasteiger partial charge is 0.394 e. The first-order valence-corrected chi connectivity index (χ1v) is 4.61. The Hall–Kier alpha value is -0.160. The van der Waals surface area contributed by atoms with E-state index in [4.69, 9.17) is 14.9 Å². The summed E-state index contributed by atoms with van der Waals surface area (Å²) in [4.78, 5) is 0. The van der Waals surface area contributed by atoms with E-state index in [0.717, 1.165) is 19.4 Å². The van der Waals surface area contributed by atoms with Crippen LogP contribution in [0.15, 0.2) is 0 Å². The van der Waals surface area contributed by atoms with Gasteiger partial charge in [-0.15, -0.1) is 0 Å². The van der Waals surface area contributed by atoms with Crippen LogP contribution in [0.4, 0.5) is 0 Å². The summed E-state index contributed by atoms with van der Waals surface area (Å²) in [5.74, 6) is 0. The molecule has 4 nitrogen and oxygen atoms in total. The van der Waals surface area contributed by atoms with Crippen LogP contribution in [0.1, 0.15) is 19.8 Å². The third-order valence-corrected chi connectivity index (χ3v) is 1.17. The molecule has 0 bridgehead atoms. The second-order valence-corrected chi connectivity index (χ2v) is 2.41. The topological polar surface area (TPSA) is 58.9 Å². The third kappa shape index (κ3) is 24.5. The number of hydrogen-bond acceptors (Lipinski definition) is 4. The van der Waals surface area contributed by atoms with Gasteiger partial charge in [-0.25, -0.2) is 0 Å². The fourth-order valence-corrected chi connectivity index (χ4v) is 0.504. The van der Waals surface area contributed by atoms with Gasteiger partial charge in [0.2, 0.25) is 0 Å². The molecule has 0 fully saturated rings. The zero-order chi connectivity index (χ0) is 10.4. The molecule has 0 radical (unpaired) electrons. The van der Waals surface area contributed by atoms with E-state index >= 15 is 0 Å². The Bertz CT molecular complexity index is 60.6. The first kappa shape index (κ1) is 15.3. The Balaban J connectivity index is 0. The van der Waals surface area contributed by atoms with Crippen molar-refractivity contribution in [3.8, 4) is 0 Å². The van der Waals surface area contributed by atoms with Gasteiger partial charge in [-0.2, -0.15) is 0 Å². The summed E-state index contributed by atoms with van der Waals surface area (Å²) < 4.78 is 9.41. The third-order valence-electron chi connectivity index (χ3n) is 1.17. The monoisotopic (exact) mass is 194 g/mol. The molecule has 0 saturated heterocycles. The molecule has 0 heterocycles. The second-order valence-electron chi connectivity index (χ2n) is 2.41. The molecule has 0 aliphatic rings. The van der Waals surface area contributed by atoms with Crippen molar-refractivity contribution in [2.24, 2.45) is 0 Å². The normalized spacial score (nSPS) is 9.23. The van der Waals surface area contributed by atoms with Gasteiger partial charge < -0.3 is 19.7 Å². The first-order valence-electron chi connectivity index (χ1n) is 4.61. The predicted molar refractivity (Wildman–Crippen MR) is 51.8 cm³/mol. The van der Waals surface area contributed by atoms with E-state index in [2.05, 4.69) is 11.7 Å². The minimum atomic E-state index is 0.122. The lowest BCUT2D eigenvalue weighted by atomic mass is 10.4. The lowest BCUT2D eigenvalue weighted by molar-refractivity contribution is 0.0904. The van der Waals surface area contributed by atoms with Crippen molar-refractivity contribution in [1.29, 1.82) is 0 Å². The van der Waals surface area contributed by atoms with Crippen LogP contribution in [-0.4, -0.2) is 50.4 Å². The summed E-state index contributed by atoms with van der Waals surface area (Å²) in [5.41, 5.74) is 0. The smallest absolute Gasteiger partial charge is 0.0697 e. The first-order chi connectivity index (χ1) is 6.33. The Morgan fingerprint density at radius 1 is 1.00 bits per heavy atom. The second kappa shape index (κ2) is 17.8. The molecule has 2 N–H and O–H groups in total. The summed E-state index contributed by atoms with van der Waals surface area (Å²) in [5, 5.41) is 16.2. The minimum absolute atomic E-state index is 0.122. The Kier molecular flexibility index (Phi) is 21.0. The highest BCUT2D eigenvalue weighted by molar-refractivity contribution is 4.30. The molecular formula is C9H22O4. The maximum atomic E-state index is 8.24. The van der Waals surface area contributed by atoms with Crippen molar-refractivity contribution in [1.82, 2.24) is 0 Å². The maximum Gasteiger partial charge on any atom is 0.0697 e. The zero-order valence-corrected chi connectivity index (χ0v) is 8.66. The molecule has 0 aromatic carbocycles. The summed E-state index contributed by atoms with van der Waals surface area (Å²) in [6.07, 6.45) is 2.26. The number of hydrogen-bond donors (Lipinski definition) is 2. The summed E-state index contributed by atoms with van der Waals surface area (Å²) >= 11 is 0. The van der Waals surface area contributed by atoms with Crippen LogP contribution in [-0.2, 0) is 9.47 Å². The molecule has 0 spiro atoms. The van der Waals surface area contributed by atoms with Crippen molar-refractivity contribution in [3.05, 3.63) is 0 Å². The van der Waals surface area contributed by atoms with Gasteiger partial charge in [0.1, 0.15) is 0 Å². The number of ether oxygens (including phenoxy) is 2. The summed E-state index contributed by atoms with van der Waals surface area (Å²) in [6, 6.07) is 0. The van der Waals surface area contributed by atoms with Crippen molar-refractivity contribution < 1.29 is 19.7 Å². The Morgan fingerprint density at radius 2 is 1.62 bits per heavy atom. The fraction of sp³-hybridized carbons (Fsp3) is 1.00. The Labute approximate surface area is 80.5 Å². The van der Waals surface area contributed by atoms with E-state index < -0.39 is 0 Å². The molecule has 82 valence electrons. The lowest BCUT2D eigenvalue weighted by Gasteiger charge is -1.97. The van der Waals surface area contributed by atoms with Crippen LogP contribution in [0, 0.1) is 0 Å². The van der Waals surface area contributed by atoms with E-state index in [9.17, 15) is 0 Å². The highest BCUT2D eigenvalue weighted by Crippen LogP contribution is 1.85. The lowest BCUT2D eigenvalue weighted by Crippen LogP contribution is -1.99. The Morgan fingerprint density at radius 3 is 1.92 bits per heavy atom. The highest BCUT2D eigenvalue weighted by atomic mass is 16.5. The van der Waals surface area contributed by atoms with Crippen molar-refractivity contribution in [2.45, 2.75) is 19.8 Å². The molecule has 0 aliphatic heterocycles. The fourth-order valence-electron chi connectivity index (χ4n) is 0.504. The van der Waals surface area contributed by atoms with Crippen molar-refractivity contribution in [3.63, 3.8) is 0 Å². The average Bonchev–Trinajstić information content (AvgIpc) is 2.15. The van der Waals surface area contributed by atoms with Crippen LogP contribution in [0.5, 0.6) is 0 Å². The van der Waals surface area contributed by atoms with Crippen LogP contribution in [0.25, 0.3) is 0 Å². The molecule has 0 amide bonds. The van der Waals surface area contributed by atoms with Crippen LogP contribution in [0.2, 0.25) is 0 Å². The number of aliphatic hydroxyl groups is 2. The van der Waals surface area contributed by atoms with E-state index in [0.29, 0.717) is 13.2 Å². The van der Waals surface area contributed by atoms with Gasteiger partial charge in [-0.05, 0) is 6.42 Å². The van der Waals surface area contributed by atoms with Gasteiger partial charge in [0.05, 0.1) is 26.4 Å². The summed E-state index contributed by atoms with van der Waals surface area (Å²) in [7, 11) is 1.55. The molecule has 0 rings (SSSR count). The molecule has 4 heteroatoms. The van der Waals surface area contributed by atoms with Crippen LogP contribution < -0.4 is 0 Å². The molecule has 0 aliphatic carbocycles. The number of aliphatic hydroxyl groups excluding tert-OH is 2. The number of unbranched alkanes of at least 4 members (excludes halogenated alkanes) is 1. The average molecular weight is 194 g/mol. The SMILES string of the molecule is CCCCOCCO.COCCO. The van der Waals surface area contributed by atoms with Gasteiger partial charge in [0.25, 0.3) is 0 Å². The maximum absolute atomic E-state index is 8.24. The van der Waals surface area contributed by atoms with E-state index in [1.807, 2.05) is 0 Å². The molecule has 0 saturated carbocycles. The molecular weight excluding hydrogens is 172 g/mol. The number of rotatable bonds is 7. The van der Waals surface area contributed by atoms with Crippen molar-refractivity contribution in [2.75, 3.05) is 40.1 Å².